The van der Waals surface area contributed by atoms with E-state index in [4.69, 9.17) is 9.47 Å². The molecule has 0 aliphatic rings. The number of carbonyl (C=O) groups is 2. The van der Waals surface area contributed by atoms with Crippen molar-refractivity contribution in [1.82, 2.24) is 4.90 Å². The molecule has 156 valence electrons. The third kappa shape index (κ3) is 4.95. The molecule has 10 heteroatoms. The summed E-state index contributed by atoms with van der Waals surface area (Å²) in [6, 6.07) is 4.16. The van der Waals surface area contributed by atoms with Gasteiger partial charge in [-0.1, -0.05) is 0 Å². The highest BCUT2D eigenvalue weighted by Crippen LogP contribution is 2.37. The third-order valence-electron chi connectivity index (χ3n) is 3.87. The van der Waals surface area contributed by atoms with E-state index in [2.05, 4.69) is 5.32 Å². The molecule has 0 fully saturated rings. The molecule has 0 bridgehead atoms. The van der Waals surface area contributed by atoms with Crippen LogP contribution in [0.4, 0.5) is 23.2 Å². The largest absolute Gasteiger partial charge is 0.493 e. The normalized spacial score (nSPS) is 11.0. The Morgan fingerprint density at radius 1 is 0.966 bits per heavy atom. The van der Waals surface area contributed by atoms with Crippen molar-refractivity contribution in [1.29, 1.82) is 0 Å². The van der Waals surface area contributed by atoms with Gasteiger partial charge in [0.15, 0.2) is 11.5 Å². The van der Waals surface area contributed by atoms with Gasteiger partial charge < -0.3 is 19.7 Å². The van der Waals surface area contributed by atoms with Crippen LogP contribution in [0, 0.1) is 5.82 Å². The molecule has 2 rings (SSSR count). The maximum absolute atomic E-state index is 13.6. The second-order valence-electron chi connectivity index (χ2n) is 6.14. The second-order valence-corrected chi connectivity index (χ2v) is 6.14. The summed E-state index contributed by atoms with van der Waals surface area (Å²) in [5, 5.41) is 2.34. The van der Waals surface area contributed by atoms with Crippen LogP contribution in [-0.4, -0.2) is 45.0 Å². The zero-order chi connectivity index (χ0) is 21.9. The molecule has 29 heavy (non-hydrogen) atoms. The number of hydrogen-bond acceptors (Lipinski definition) is 4. The monoisotopic (exact) mass is 414 g/mol. The van der Waals surface area contributed by atoms with Gasteiger partial charge in [0, 0.05) is 25.2 Å². The van der Waals surface area contributed by atoms with E-state index in [1.807, 2.05) is 0 Å². The van der Waals surface area contributed by atoms with Crippen LogP contribution in [0.1, 0.15) is 26.3 Å². The average molecular weight is 414 g/mol. The first kappa shape index (κ1) is 22.0. The number of alkyl halides is 3. The van der Waals surface area contributed by atoms with E-state index in [9.17, 15) is 27.2 Å². The van der Waals surface area contributed by atoms with Crippen LogP contribution in [0.25, 0.3) is 0 Å². The molecule has 6 nitrogen and oxygen atoms in total. The van der Waals surface area contributed by atoms with Crippen LogP contribution in [-0.2, 0) is 6.18 Å². The Balaban J connectivity index is 2.50. The molecule has 0 saturated carbocycles. The lowest BCUT2D eigenvalue weighted by atomic mass is 10.1. The summed E-state index contributed by atoms with van der Waals surface area (Å²) < 4.78 is 62.6. The van der Waals surface area contributed by atoms with Crippen LogP contribution in [0.2, 0.25) is 0 Å². The number of amides is 2. The summed E-state index contributed by atoms with van der Waals surface area (Å²) in [4.78, 5) is 26.0. The minimum Gasteiger partial charge on any atom is -0.493 e. The Bertz CT molecular complexity index is 943. The van der Waals surface area contributed by atoms with Gasteiger partial charge >= 0.3 is 6.18 Å². The van der Waals surface area contributed by atoms with Crippen molar-refractivity contribution in [3.8, 4) is 11.5 Å². The number of ether oxygens (including phenoxy) is 2. The number of nitrogens with one attached hydrogen (secondary N) is 1. The maximum Gasteiger partial charge on any atom is 0.416 e. The van der Waals surface area contributed by atoms with Gasteiger partial charge in [0.05, 0.1) is 25.5 Å². The molecule has 0 saturated heterocycles. The number of nitrogens with zero attached hydrogens (tertiary/aromatic N) is 1. The van der Waals surface area contributed by atoms with Crippen molar-refractivity contribution in [3.63, 3.8) is 0 Å². The number of hydrogen-bond donors (Lipinski definition) is 1. The quantitative estimate of drug-likeness (QED) is 0.756. The van der Waals surface area contributed by atoms with E-state index >= 15 is 0 Å². The summed E-state index contributed by atoms with van der Waals surface area (Å²) in [6.07, 6.45) is -4.82. The number of halogens is 4. The Morgan fingerprint density at radius 3 is 2.14 bits per heavy atom. The summed E-state index contributed by atoms with van der Waals surface area (Å²) >= 11 is 0. The number of benzene rings is 2. The van der Waals surface area contributed by atoms with Crippen LogP contribution >= 0.6 is 0 Å². The summed E-state index contributed by atoms with van der Waals surface area (Å²) in [5.41, 5.74) is -1.75. The molecule has 0 atom stereocenters. The standard InChI is InChI=1S/C19H18F4N2O4/c1-25(2)18(27)11-7-14(16(29-4)15(8-11)28-3)24-17(26)10-5-12(19(21,22)23)9-13(20)6-10/h5-9H,1-4H3,(H,24,26). The van der Waals surface area contributed by atoms with Gasteiger partial charge in [-0.25, -0.2) is 4.39 Å². The molecule has 2 amide bonds. The minimum atomic E-state index is -4.82. The summed E-state index contributed by atoms with van der Waals surface area (Å²) in [6.45, 7) is 0. The zero-order valence-corrected chi connectivity index (χ0v) is 16.0. The molecule has 2 aromatic carbocycles. The molecule has 0 radical (unpaired) electrons. The van der Waals surface area contributed by atoms with Crippen molar-refractivity contribution >= 4 is 17.5 Å². The van der Waals surface area contributed by atoms with Crippen molar-refractivity contribution in [2.24, 2.45) is 0 Å². The smallest absolute Gasteiger partial charge is 0.416 e. The van der Waals surface area contributed by atoms with E-state index in [1.54, 1.807) is 0 Å². The predicted molar refractivity (Wildman–Crippen MR) is 96.9 cm³/mol. The minimum absolute atomic E-state index is 0.0279. The molecule has 1 N–H and O–H groups in total. The SMILES string of the molecule is COc1cc(C(=O)N(C)C)cc(NC(=O)c2cc(F)cc(C(F)(F)F)c2)c1OC. The fraction of sp³-hybridized carbons (Fsp3) is 0.263. The number of carbonyl (C=O) groups excluding carboxylic acids is 2. The lowest BCUT2D eigenvalue weighted by Gasteiger charge is -2.17. The van der Waals surface area contributed by atoms with Crippen LogP contribution in [0.15, 0.2) is 30.3 Å². The number of anilines is 1. The van der Waals surface area contributed by atoms with E-state index in [-0.39, 0.29) is 28.8 Å². The van der Waals surface area contributed by atoms with E-state index in [0.717, 1.165) is 0 Å². The Morgan fingerprint density at radius 2 is 1.62 bits per heavy atom. The van der Waals surface area contributed by atoms with Crippen LogP contribution in [0.3, 0.4) is 0 Å². The summed E-state index contributed by atoms with van der Waals surface area (Å²) in [7, 11) is 5.63. The highest BCUT2D eigenvalue weighted by atomic mass is 19.4. The van der Waals surface area contributed by atoms with E-state index in [0.29, 0.717) is 12.1 Å². The molecule has 0 aromatic heterocycles. The third-order valence-corrected chi connectivity index (χ3v) is 3.87. The summed E-state index contributed by atoms with van der Waals surface area (Å²) in [5.74, 6) is -2.49. The van der Waals surface area contributed by atoms with Crippen LogP contribution < -0.4 is 14.8 Å². The Labute approximate surface area is 164 Å². The highest BCUT2D eigenvalue weighted by molar-refractivity contribution is 6.06. The topological polar surface area (TPSA) is 67.9 Å². The van der Waals surface area contributed by atoms with Gasteiger partial charge in [-0.15, -0.1) is 0 Å². The molecule has 0 unspecified atom stereocenters. The average Bonchev–Trinajstić information content (AvgIpc) is 2.65. The molecule has 0 spiro atoms. The van der Waals surface area contributed by atoms with Gasteiger partial charge in [0.25, 0.3) is 11.8 Å². The van der Waals surface area contributed by atoms with Gasteiger partial charge in [0.1, 0.15) is 5.82 Å². The van der Waals surface area contributed by atoms with Gasteiger partial charge in [-0.3, -0.25) is 9.59 Å². The lowest BCUT2D eigenvalue weighted by molar-refractivity contribution is -0.137. The fourth-order valence-electron chi connectivity index (χ4n) is 2.52. The van der Waals surface area contributed by atoms with Crippen molar-refractivity contribution in [2.75, 3.05) is 33.6 Å². The fourth-order valence-corrected chi connectivity index (χ4v) is 2.52. The molecule has 0 heterocycles. The van der Waals surface area contributed by atoms with Crippen molar-refractivity contribution in [3.05, 3.63) is 52.8 Å². The van der Waals surface area contributed by atoms with E-state index in [1.165, 1.54) is 45.3 Å². The first-order valence-electron chi connectivity index (χ1n) is 8.14. The molecule has 2 aromatic rings. The first-order valence-corrected chi connectivity index (χ1v) is 8.14. The highest BCUT2D eigenvalue weighted by Gasteiger charge is 2.32. The predicted octanol–water partition coefficient (Wildman–Crippen LogP) is 3.82. The van der Waals surface area contributed by atoms with Crippen molar-refractivity contribution < 1.29 is 36.6 Å². The second kappa shape index (κ2) is 8.38. The van der Waals surface area contributed by atoms with Gasteiger partial charge in [-0.05, 0) is 30.3 Å². The molecule has 0 aliphatic heterocycles. The van der Waals surface area contributed by atoms with Gasteiger partial charge in [0.2, 0.25) is 0 Å². The first-order chi connectivity index (χ1) is 13.5. The molecule has 0 aliphatic carbocycles. The lowest BCUT2D eigenvalue weighted by Crippen LogP contribution is -2.22. The van der Waals surface area contributed by atoms with Gasteiger partial charge in [-0.2, -0.15) is 13.2 Å². The maximum atomic E-state index is 13.6. The number of rotatable bonds is 5. The molecular formula is C19H18F4N2O4. The number of methoxy groups -OCH3 is 2. The van der Waals surface area contributed by atoms with E-state index < -0.39 is 34.9 Å². The van der Waals surface area contributed by atoms with Crippen molar-refractivity contribution in [2.45, 2.75) is 6.18 Å². The Hall–Kier alpha value is -3.30. The Kier molecular flexibility index (Phi) is 6.35. The molecular weight excluding hydrogens is 396 g/mol. The zero-order valence-electron chi connectivity index (χ0n) is 16.0. The van der Waals surface area contributed by atoms with Crippen LogP contribution in [0.5, 0.6) is 11.5 Å².